The molecule has 0 bridgehead atoms. The number of nitrogens with one attached hydrogen (secondary N) is 1. The third-order valence-electron chi connectivity index (χ3n) is 4.09. The van der Waals surface area contributed by atoms with Crippen LogP contribution in [0.4, 0.5) is 4.79 Å². The number of ether oxygens (including phenoxy) is 2. The first-order valence-corrected chi connectivity index (χ1v) is 9.65. The van der Waals surface area contributed by atoms with Gasteiger partial charge in [-0.2, -0.15) is 0 Å². The van der Waals surface area contributed by atoms with Crippen molar-refractivity contribution in [2.75, 3.05) is 6.61 Å². The molecule has 0 aliphatic carbocycles. The molecule has 0 saturated heterocycles. The van der Waals surface area contributed by atoms with Crippen LogP contribution in [0, 0.1) is 0 Å². The van der Waals surface area contributed by atoms with Crippen molar-refractivity contribution in [2.45, 2.75) is 37.2 Å². The molecule has 0 radical (unpaired) electrons. The van der Waals surface area contributed by atoms with Crippen molar-refractivity contribution in [3.05, 3.63) is 65.2 Å². The van der Waals surface area contributed by atoms with Crippen molar-refractivity contribution in [1.82, 2.24) is 5.32 Å². The molecule has 1 N–H and O–H groups in total. The summed E-state index contributed by atoms with van der Waals surface area (Å²) in [4.78, 5) is 24.3. The highest BCUT2D eigenvalue weighted by atomic mass is 79.9. The van der Waals surface area contributed by atoms with Crippen LogP contribution >= 0.6 is 15.9 Å². The third kappa shape index (κ3) is 4.69. The van der Waals surface area contributed by atoms with Gasteiger partial charge in [-0.15, -0.1) is 0 Å². The van der Waals surface area contributed by atoms with Gasteiger partial charge in [-0.05, 0) is 32.4 Å². The Hall–Kier alpha value is -2.34. The van der Waals surface area contributed by atoms with Crippen molar-refractivity contribution >= 4 is 27.8 Å². The molecule has 0 saturated carbocycles. The molecule has 1 aliphatic rings. The van der Waals surface area contributed by atoms with Gasteiger partial charge in [-0.3, -0.25) is 4.79 Å². The quantitative estimate of drug-likeness (QED) is 0.548. The van der Waals surface area contributed by atoms with Crippen LogP contribution in [0.3, 0.4) is 0 Å². The molecule has 142 valence electrons. The summed E-state index contributed by atoms with van der Waals surface area (Å²) < 4.78 is 11.0. The summed E-state index contributed by atoms with van der Waals surface area (Å²) in [6, 6.07) is 14.5. The van der Waals surface area contributed by atoms with Crippen LogP contribution in [-0.2, 0) is 4.74 Å². The zero-order valence-corrected chi connectivity index (χ0v) is 17.1. The molecule has 1 aliphatic heterocycles. The first kappa shape index (κ1) is 19.4. The van der Waals surface area contributed by atoms with E-state index in [9.17, 15) is 9.59 Å². The van der Waals surface area contributed by atoms with Crippen LogP contribution in [0.1, 0.15) is 53.1 Å². The number of carbonyl (C=O) groups is 2. The molecule has 1 heterocycles. The van der Waals surface area contributed by atoms with Gasteiger partial charge >= 0.3 is 6.09 Å². The number of benzene rings is 2. The Kier molecular flexibility index (Phi) is 5.56. The molecular weight excluding hydrogens is 410 g/mol. The van der Waals surface area contributed by atoms with Gasteiger partial charge in [0.15, 0.2) is 5.78 Å². The lowest BCUT2D eigenvalue weighted by Gasteiger charge is -2.21. The first-order valence-electron chi connectivity index (χ1n) is 8.74. The molecule has 27 heavy (non-hydrogen) atoms. The highest BCUT2D eigenvalue weighted by Crippen LogP contribution is 2.35. The maximum Gasteiger partial charge on any atom is 0.408 e. The summed E-state index contributed by atoms with van der Waals surface area (Å²) in [7, 11) is 0. The van der Waals surface area contributed by atoms with Gasteiger partial charge in [0.05, 0.1) is 6.04 Å². The number of Topliss-reactive ketones (excluding diaryl/α,β-unsaturated/α-hetero) is 1. The molecule has 3 rings (SSSR count). The minimum absolute atomic E-state index is 0.0452. The predicted molar refractivity (Wildman–Crippen MR) is 106 cm³/mol. The highest BCUT2D eigenvalue weighted by molar-refractivity contribution is 9.09. The lowest BCUT2D eigenvalue weighted by molar-refractivity contribution is 0.0496. The lowest BCUT2D eigenvalue weighted by Crippen LogP contribution is -2.35. The zero-order chi connectivity index (χ0) is 19.6. The molecule has 6 heteroatoms. The molecule has 5 nitrogen and oxygen atoms in total. The number of alkyl carbamates (subject to hydrolysis) is 1. The van der Waals surface area contributed by atoms with E-state index >= 15 is 0 Å². The standard InChI is InChI=1S/C21H22BrNO4/c1-21(2,3)27-20(25)23-16-12-26-17-11-14(9-10-15(16)17)19(24)18(22)13-7-5-4-6-8-13/h4-11,16,18H,12H2,1-3H3,(H,23,25)/t16-,18?/m0/s1. The van der Waals surface area contributed by atoms with E-state index in [2.05, 4.69) is 21.2 Å². The Bertz CT molecular complexity index is 845. The van der Waals surface area contributed by atoms with Gasteiger partial charge < -0.3 is 14.8 Å². The second-order valence-electron chi connectivity index (χ2n) is 7.40. The number of carbonyl (C=O) groups excluding carboxylic acids is 2. The average molecular weight is 432 g/mol. The van der Waals surface area contributed by atoms with Crippen molar-refractivity contribution < 1.29 is 19.1 Å². The Balaban J connectivity index is 1.73. The maximum absolute atomic E-state index is 12.8. The second kappa shape index (κ2) is 7.72. The van der Waals surface area contributed by atoms with E-state index in [-0.39, 0.29) is 11.8 Å². The number of hydrogen-bond donors (Lipinski definition) is 1. The van der Waals surface area contributed by atoms with E-state index in [1.807, 2.05) is 57.2 Å². The number of fused-ring (bicyclic) bond motifs is 1. The molecule has 0 fully saturated rings. The number of halogens is 1. The summed E-state index contributed by atoms with van der Waals surface area (Å²) in [6.07, 6.45) is -0.492. The van der Waals surface area contributed by atoms with Crippen LogP contribution in [-0.4, -0.2) is 24.1 Å². The summed E-state index contributed by atoms with van der Waals surface area (Å²) in [5.41, 5.74) is 1.72. The summed E-state index contributed by atoms with van der Waals surface area (Å²) in [5, 5.41) is 2.81. The van der Waals surface area contributed by atoms with Crippen molar-refractivity contribution in [3.63, 3.8) is 0 Å². The number of ketones is 1. The van der Waals surface area contributed by atoms with E-state index in [1.54, 1.807) is 12.1 Å². The topological polar surface area (TPSA) is 64.6 Å². The Labute approximate surface area is 167 Å². The summed E-state index contributed by atoms with van der Waals surface area (Å²) in [6.45, 7) is 5.75. The Morgan fingerprint density at radius 1 is 1.19 bits per heavy atom. The fourth-order valence-corrected chi connectivity index (χ4v) is 3.42. The smallest absolute Gasteiger partial charge is 0.408 e. The molecule has 1 unspecified atom stereocenters. The third-order valence-corrected chi connectivity index (χ3v) is 5.04. The van der Waals surface area contributed by atoms with Gasteiger partial charge in [-0.25, -0.2) is 4.79 Å². The Morgan fingerprint density at radius 3 is 2.56 bits per heavy atom. The SMILES string of the molecule is CC(C)(C)OC(=O)N[C@H]1COc2cc(C(=O)C(Br)c3ccccc3)ccc21. The van der Waals surface area contributed by atoms with E-state index in [4.69, 9.17) is 9.47 Å². The van der Waals surface area contributed by atoms with Crippen molar-refractivity contribution in [1.29, 1.82) is 0 Å². The minimum atomic E-state index is -0.565. The van der Waals surface area contributed by atoms with E-state index in [1.165, 1.54) is 0 Å². The van der Waals surface area contributed by atoms with E-state index in [0.717, 1.165) is 11.1 Å². The minimum Gasteiger partial charge on any atom is -0.491 e. The molecule has 1 amide bonds. The predicted octanol–water partition coefficient (Wildman–Crippen LogP) is 4.96. The average Bonchev–Trinajstić information content (AvgIpc) is 3.01. The first-order chi connectivity index (χ1) is 12.7. The summed E-state index contributed by atoms with van der Waals surface area (Å²) in [5.74, 6) is 0.561. The largest absolute Gasteiger partial charge is 0.491 e. The van der Waals surface area contributed by atoms with Gasteiger partial charge in [0.25, 0.3) is 0 Å². The van der Waals surface area contributed by atoms with Gasteiger partial charge in [-0.1, -0.05) is 58.4 Å². The fraction of sp³-hybridized carbons (Fsp3) is 0.333. The van der Waals surface area contributed by atoms with Crippen LogP contribution in [0.2, 0.25) is 0 Å². The molecule has 0 spiro atoms. The van der Waals surface area contributed by atoms with Crippen LogP contribution in [0.15, 0.2) is 48.5 Å². The molecule has 0 aromatic heterocycles. The number of rotatable bonds is 4. The normalized spacial score (nSPS) is 16.8. The van der Waals surface area contributed by atoms with Gasteiger partial charge in [0.2, 0.25) is 0 Å². The van der Waals surface area contributed by atoms with Crippen molar-refractivity contribution in [3.8, 4) is 5.75 Å². The number of amides is 1. The Morgan fingerprint density at radius 2 is 1.89 bits per heavy atom. The lowest BCUT2D eigenvalue weighted by atomic mass is 10.00. The summed E-state index contributed by atoms with van der Waals surface area (Å²) >= 11 is 3.48. The van der Waals surface area contributed by atoms with E-state index in [0.29, 0.717) is 17.9 Å². The molecule has 2 atom stereocenters. The monoisotopic (exact) mass is 431 g/mol. The van der Waals surface area contributed by atoms with Crippen molar-refractivity contribution in [2.24, 2.45) is 0 Å². The van der Waals surface area contributed by atoms with Crippen LogP contribution < -0.4 is 10.1 Å². The van der Waals surface area contributed by atoms with Gasteiger partial charge in [0, 0.05) is 11.1 Å². The molecule has 2 aromatic rings. The molecular formula is C21H22BrNO4. The number of hydrogen-bond acceptors (Lipinski definition) is 4. The van der Waals surface area contributed by atoms with Gasteiger partial charge in [0.1, 0.15) is 22.8 Å². The maximum atomic E-state index is 12.8. The van der Waals surface area contributed by atoms with Crippen LogP contribution in [0.25, 0.3) is 0 Å². The highest BCUT2D eigenvalue weighted by Gasteiger charge is 2.29. The molecule has 2 aromatic carbocycles. The van der Waals surface area contributed by atoms with E-state index < -0.39 is 16.5 Å². The fourth-order valence-electron chi connectivity index (χ4n) is 2.85. The van der Waals surface area contributed by atoms with Crippen LogP contribution in [0.5, 0.6) is 5.75 Å². The number of alkyl halides is 1. The zero-order valence-electron chi connectivity index (χ0n) is 15.5. The second-order valence-corrected chi connectivity index (χ2v) is 8.32.